The molecule has 0 aliphatic heterocycles. The van der Waals surface area contributed by atoms with Gasteiger partial charge in [-0.2, -0.15) is 0 Å². The first-order chi connectivity index (χ1) is 12.2. The third kappa shape index (κ3) is 4.66. The van der Waals surface area contributed by atoms with Gasteiger partial charge in [0.25, 0.3) is 0 Å². The van der Waals surface area contributed by atoms with Crippen LogP contribution in [0.4, 0.5) is 0 Å². The van der Waals surface area contributed by atoms with Crippen LogP contribution in [-0.4, -0.2) is 30.2 Å². The summed E-state index contributed by atoms with van der Waals surface area (Å²) in [6, 6.07) is 16.1. The van der Waals surface area contributed by atoms with E-state index in [1.54, 1.807) is 6.20 Å². The number of hydrogen-bond donors (Lipinski definition) is 1. The highest BCUT2D eigenvalue weighted by Crippen LogP contribution is 2.31. The first-order valence-corrected chi connectivity index (χ1v) is 9.42. The molecule has 0 atom stereocenters. The topological polar surface area (TPSA) is 47.0 Å². The van der Waals surface area contributed by atoms with E-state index in [1.165, 1.54) is 0 Å². The Morgan fingerprint density at radius 2 is 1.44 bits per heavy atom. The minimum absolute atomic E-state index is 0.522. The Kier molecular flexibility index (Phi) is 6.18. The fourth-order valence-corrected chi connectivity index (χ4v) is 2.86. The van der Waals surface area contributed by atoms with Crippen molar-refractivity contribution in [2.24, 2.45) is 0 Å². The van der Waals surface area contributed by atoms with E-state index in [0.717, 1.165) is 38.0 Å². The van der Waals surface area contributed by atoms with Gasteiger partial charge < -0.3 is 10.1 Å². The van der Waals surface area contributed by atoms with Crippen LogP contribution in [0, 0.1) is 0 Å². The Balaban J connectivity index is 2.03. The van der Waals surface area contributed by atoms with Crippen molar-refractivity contribution in [1.82, 2.24) is 15.3 Å². The van der Waals surface area contributed by atoms with Gasteiger partial charge in [0.2, 0.25) is 5.88 Å². The molecule has 0 amide bonds. The fourth-order valence-electron chi connectivity index (χ4n) is 2.33. The summed E-state index contributed by atoms with van der Waals surface area (Å²) >= 11 is 6.94. The molecule has 3 rings (SSSR count). The minimum Gasteiger partial charge on any atom is -0.475 e. The van der Waals surface area contributed by atoms with Crippen LogP contribution in [0.25, 0.3) is 22.5 Å². The quantitative estimate of drug-likeness (QED) is 0.527. The molecule has 128 valence electrons. The van der Waals surface area contributed by atoms with Crippen LogP contribution in [0.15, 0.2) is 63.7 Å². The number of aromatic nitrogens is 2. The van der Waals surface area contributed by atoms with Crippen LogP contribution >= 0.6 is 31.9 Å². The smallest absolute Gasteiger partial charge is 0.232 e. The first kappa shape index (κ1) is 18.0. The SMILES string of the molecule is CNCCOc1cnc(-c2ccc(Br)cc2)c(-c2ccc(Br)cc2)n1. The summed E-state index contributed by atoms with van der Waals surface area (Å²) in [4.78, 5) is 9.32. The summed E-state index contributed by atoms with van der Waals surface area (Å²) < 4.78 is 7.74. The van der Waals surface area contributed by atoms with E-state index in [2.05, 4.69) is 42.2 Å². The molecule has 0 saturated carbocycles. The summed E-state index contributed by atoms with van der Waals surface area (Å²) in [6.45, 7) is 1.30. The molecule has 4 nitrogen and oxygen atoms in total. The van der Waals surface area contributed by atoms with Crippen LogP contribution in [0.5, 0.6) is 5.88 Å². The second-order valence-corrected chi connectivity index (χ2v) is 7.20. The molecule has 0 radical (unpaired) electrons. The maximum Gasteiger partial charge on any atom is 0.232 e. The molecule has 1 heterocycles. The third-order valence-electron chi connectivity index (χ3n) is 3.59. The fraction of sp³-hybridized carbons (Fsp3) is 0.158. The molecule has 2 aromatic carbocycles. The van der Waals surface area contributed by atoms with Crippen molar-refractivity contribution in [2.45, 2.75) is 0 Å². The number of ether oxygens (including phenoxy) is 1. The van der Waals surface area contributed by atoms with Gasteiger partial charge in [0.05, 0.1) is 11.9 Å². The van der Waals surface area contributed by atoms with Gasteiger partial charge in [-0.15, -0.1) is 0 Å². The number of nitrogens with zero attached hydrogens (tertiary/aromatic N) is 2. The average Bonchev–Trinajstić information content (AvgIpc) is 2.63. The maximum absolute atomic E-state index is 5.69. The molecule has 0 aliphatic rings. The van der Waals surface area contributed by atoms with Crippen LogP contribution in [0.1, 0.15) is 0 Å². The van der Waals surface area contributed by atoms with Crippen molar-refractivity contribution in [3.63, 3.8) is 0 Å². The predicted octanol–water partition coefficient (Wildman–Crippen LogP) is 4.93. The molecule has 0 bridgehead atoms. The van der Waals surface area contributed by atoms with E-state index in [9.17, 15) is 0 Å². The van der Waals surface area contributed by atoms with Gasteiger partial charge in [0.1, 0.15) is 12.3 Å². The number of rotatable bonds is 6. The highest BCUT2D eigenvalue weighted by molar-refractivity contribution is 9.10. The number of benzene rings is 2. The van der Waals surface area contributed by atoms with E-state index >= 15 is 0 Å². The molecule has 3 aromatic rings. The van der Waals surface area contributed by atoms with Crippen molar-refractivity contribution >= 4 is 31.9 Å². The molecule has 6 heteroatoms. The van der Waals surface area contributed by atoms with Crippen molar-refractivity contribution in [2.75, 3.05) is 20.2 Å². The Labute approximate surface area is 163 Å². The molecule has 0 aliphatic carbocycles. The lowest BCUT2D eigenvalue weighted by molar-refractivity contribution is 0.305. The number of halogens is 2. The van der Waals surface area contributed by atoms with Gasteiger partial charge in [-0.3, -0.25) is 0 Å². The van der Waals surface area contributed by atoms with E-state index in [-0.39, 0.29) is 0 Å². The zero-order valence-corrected chi connectivity index (χ0v) is 16.8. The molecule has 0 unspecified atom stereocenters. The zero-order valence-electron chi connectivity index (χ0n) is 13.7. The highest BCUT2D eigenvalue weighted by atomic mass is 79.9. The second-order valence-electron chi connectivity index (χ2n) is 5.37. The Morgan fingerprint density at radius 3 is 2.00 bits per heavy atom. The summed E-state index contributed by atoms with van der Waals surface area (Å²) in [6.07, 6.45) is 1.68. The van der Waals surface area contributed by atoms with E-state index in [4.69, 9.17) is 9.72 Å². The van der Waals surface area contributed by atoms with Gasteiger partial charge in [-0.1, -0.05) is 56.1 Å². The lowest BCUT2D eigenvalue weighted by atomic mass is 10.0. The molecule has 1 N–H and O–H groups in total. The van der Waals surface area contributed by atoms with Crippen LogP contribution < -0.4 is 10.1 Å². The minimum atomic E-state index is 0.522. The summed E-state index contributed by atoms with van der Waals surface area (Å²) in [7, 11) is 1.89. The first-order valence-electron chi connectivity index (χ1n) is 7.83. The number of likely N-dealkylation sites (N-methyl/N-ethyl adjacent to an activating group) is 1. The van der Waals surface area contributed by atoms with Crippen molar-refractivity contribution in [1.29, 1.82) is 0 Å². The summed E-state index contributed by atoms with van der Waals surface area (Å²) in [5, 5.41) is 3.05. The zero-order chi connectivity index (χ0) is 17.6. The normalized spacial score (nSPS) is 10.7. The van der Waals surface area contributed by atoms with Gasteiger partial charge in [0, 0.05) is 26.6 Å². The average molecular weight is 463 g/mol. The van der Waals surface area contributed by atoms with E-state index < -0.39 is 0 Å². The van der Waals surface area contributed by atoms with Crippen molar-refractivity contribution in [3.8, 4) is 28.4 Å². The Bertz CT molecular complexity index is 836. The largest absolute Gasteiger partial charge is 0.475 e. The second kappa shape index (κ2) is 8.56. The Hall–Kier alpha value is -1.76. The standard InChI is InChI=1S/C19H17Br2N3O/c1-22-10-11-25-17-12-23-18(13-2-6-15(20)7-3-13)19(24-17)14-4-8-16(21)9-5-14/h2-9,12,22H,10-11H2,1H3. The molecular formula is C19H17Br2N3O. The molecule has 1 aromatic heterocycles. The van der Waals surface area contributed by atoms with Gasteiger partial charge >= 0.3 is 0 Å². The molecule has 0 spiro atoms. The maximum atomic E-state index is 5.69. The summed E-state index contributed by atoms with van der Waals surface area (Å²) in [5.74, 6) is 0.522. The molecule has 0 saturated heterocycles. The van der Waals surface area contributed by atoms with Gasteiger partial charge in [-0.25, -0.2) is 9.97 Å². The van der Waals surface area contributed by atoms with Gasteiger partial charge in [0.15, 0.2) is 0 Å². The van der Waals surface area contributed by atoms with E-state index in [1.807, 2.05) is 55.6 Å². The number of hydrogen-bond acceptors (Lipinski definition) is 4. The monoisotopic (exact) mass is 461 g/mol. The van der Waals surface area contributed by atoms with Crippen molar-refractivity contribution < 1.29 is 4.74 Å². The summed E-state index contributed by atoms with van der Waals surface area (Å²) in [5.41, 5.74) is 3.63. The number of nitrogens with one attached hydrogen (secondary N) is 1. The van der Waals surface area contributed by atoms with Crippen LogP contribution in [-0.2, 0) is 0 Å². The third-order valence-corrected chi connectivity index (χ3v) is 4.65. The van der Waals surface area contributed by atoms with Crippen LogP contribution in [0.2, 0.25) is 0 Å². The van der Waals surface area contributed by atoms with Crippen LogP contribution in [0.3, 0.4) is 0 Å². The van der Waals surface area contributed by atoms with Crippen molar-refractivity contribution in [3.05, 3.63) is 63.7 Å². The highest BCUT2D eigenvalue weighted by Gasteiger charge is 2.13. The molecular weight excluding hydrogens is 446 g/mol. The predicted molar refractivity (Wildman–Crippen MR) is 108 cm³/mol. The van der Waals surface area contributed by atoms with E-state index in [0.29, 0.717) is 12.5 Å². The molecule has 25 heavy (non-hydrogen) atoms. The Morgan fingerprint density at radius 1 is 0.880 bits per heavy atom. The lowest BCUT2D eigenvalue weighted by Crippen LogP contribution is -2.16. The lowest BCUT2D eigenvalue weighted by Gasteiger charge is -2.11. The van der Waals surface area contributed by atoms with Gasteiger partial charge in [-0.05, 0) is 31.3 Å². The molecule has 0 fully saturated rings.